The zero-order valence-corrected chi connectivity index (χ0v) is 15.7. The Balaban J connectivity index is 2.46. The van der Waals surface area contributed by atoms with E-state index in [1.165, 1.54) is 0 Å². The number of fused-ring (bicyclic) bond motifs is 1. The summed E-state index contributed by atoms with van der Waals surface area (Å²) in [6.45, 7) is 3.51. The van der Waals surface area contributed by atoms with Crippen LogP contribution in [-0.4, -0.2) is 35.6 Å². The molecule has 0 spiro atoms. The first-order valence-corrected chi connectivity index (χ1v) is 8.38. The van der Waals surface area contributed by atoms with Gasteiger partial charge < -0.3 is 19.0 Å². The Morgan fingerprint density at radius 3 is 2.58 bits per heavy atom. The molecular weight excluding hydrogens is 356 g/mol. The molecule has 1 unspecified atom stereocenters. The highest BCUT2D eigenvalue weighted by molar-refractivity contribution is 6.36. The number of hydrogen-bond donors (Lipinski definition) is 1. The lowest BCUT2D eigenvalue weighted by atomic mass is 10.0. The van der Waals surface area contributed by atoms with Gasteiger partial charge in [-0.3, -0.25) is 0 Å². The molecule has 0 aliphatic rings. The summed E-state index contributed by atoms with van der Waals surface area (Å²) in [5, 5.41) is 19.1. The van der Waals surface area contributed by atoms with Crippen LogP contribution in [0.3, 0.4) is 0 Å². The van der Waals surface area contributed by atoms with Crippen molar-refractivity contribution in [1.82, 2.24) is 10.2 Å². The van der Waals surface area contributed by atoms with Gasteiger partial charge in [-0.2, -0.15) is 0 Å². The Kier molecular flexibility index (Phi) is 5.15. The third-order valence-corrected chi connectivity index (χ3v) is 4.17. The summed E-state index contributed by atoms with van der Waals surface area (Å²) in [5.74, 6) is 2.31. The van der Waals surface area contributed by atoms with Gasteiger partial charge in [0.15, 0.2) is 11.5 Å². The first-order valence-electron chi connectivity index (χ1n) is 8.00. The van der Waals surface area contributed by atoms with Crippen LogP contribution in [0.1, 0.15) is 18.4 Å². The maximum atomic E-state index is 9.60. The van der Waals surface area contributed by atoms with Crippen molar-refractivity contribution >= 4 is 28.6 Å². The molecule has 3 aromatic rings. The molecule has 0 amide bonds. The predicted molar refractivity (Wildman–Crippen MR) is 101 cm³/mol. The molecule has 0 radical (unpaired) electrons. The Morgan fingerprint density at radius 2 is 2.00 bits per heavy atom. The molecule has 0 aliphatic carbocycles. The molecule has 0 aliphatic heterocycles. The fraction of sp³-hybridized carbons (Fsp3) is 0.263. The second-order valence-corrected chi connectivity index (χ2v) is 6.19. The van der Waals surface area contributed by atoms with E-state index in [0.717, 1.165) is 5.76 Å². The maximum absolute atomic E-state index is 9.60. The van der Waals surface area contributed by atoms with Crippen LogP contribution in [0.2, 0.25) is 5.02 Å². The zero-order chi connectivity index (χ0) is 18.8. The molecule has 1 atom stereocenters. The summed E-state index contributed by atoms with van der Waals surface area (Å²) in [6.07, 6.45) is 2.68. The van der Waals surface area contributed by atoms with Gasteiger partial charge in [0.25, 0.3) is 0 Å². The molecular formula is C19H19ClN2O4. The van der Waals surface area contributed by atoms with Crippen LogP contribution in [0, 0.1) is 6.92 Å². The summed E-state index contributed by atoms with van der Waals surface area (Å²) >= 11 is 6.39. The van der Waals surface area contributed by atoms with Gasteiger partial charge in [0.05, 0.1) is 42.0 Å². The molecule has 1 aromatic carbocycles. The highest BCUT2D eigenvalue weighted by Crippen LogP contribution is 2.45. The van der Waals surface area contributed by atoms with E-state index in [2.05, 4.69) is 10.2 Å². The number of furan rings is 1. The SMILES string of the molecule is COc1cc(Cl)c2nnc(/C=C/C(C)O)c(-c3ccc(C)o3)c2c1OC. The number of rotatable bonds is 5. The minimum absolute atomic E-state index is 0.390. The molecule has 136 valence electrons. The molecule has 0 saturated heterocycles. The standard InChI is InChI=1S/C19H19ClN2O4/c1-10(23)5-7-13-16(14-8-6-11(2)26-14)17-18(22-21-13)12(20)9-15(24-3)19(17)25-4/h5-10,23H,1-4H3/b7-5+. The Labute approximate surface area is 156 Å². The third-order valence-electron chi connectivity index (χ3n) is 3.88. The van der Waals surface area contributed by atoms with Crippen LogP contribution in [0.25, 0.3) is 28.3 Å². The molecule has 2 aromatic heterocycles. The fourth-order valence-electron chi connectivity index (χ4n) is 2.73. The molecule has 7 heteroatoms. The summed E-state index contributed by atoms with van der Waals surface area (Å²) in [5.41, 5.74) is 1.66. The van der Waals surface area contributed by atoms with Crippen LogP contribution < -0.4 is 9.47 Å². The Hall–Kier alpha value is -2.57. The van der Waals surface area contributed by atoms with Crippen molar-refractivity contribution < 1.29 is 19.0 Å². The van der Waals surface area contributed by atoms with Gasteiger partial charge in [0, 0.05) is 6.07 Å². The Bertz CT molecular complexity index is 979. The topological polar surface area (TPSA) is 77.6 Å². The maximum Gasteiger partial charge on any atom is 0.171 e. The van der Waals surface area contributed by atoms with Crippen molar-refractivity contribution in [3.8, 4) is 22.8 Å². The fourth-order valence-corrected chi connectivity index (χ4v) is 2.96. The van der Waals surface area contributed by atoms with Gasteiger partial charge in [0.2, 0.25) is 0 Å². The minimum atomic E-state index is -0.630. The second kappa shape index (κ2) is 7.35. The number of halogens is 1. The van der Waals surface area contributed by atoms with Crippen molar-refractivity contribution in [3.63, 3.8) is 0 Å². The molecule has 3 rings (SSSR count). The van der Waals surface area contributed by atoms with Crippen LogP contribution in [0.5, 0.6) is 11.5 Å². The first kappa shape index (κ1) is 18.2. The molecule has 2 heterocycles. The quantitative estimate of drug-likeness (QED) is 0.718. The number of aliphatic hydroxyl groups is 1. The number of hydrogen-bond acceptors (Lipinski definition) is 6. The summed E-state index contributed by atoms with van der Waals surface area (Å²) in [6, 6.07) is 5.34. The number of methoxy groups -OCH3 is 2. The van der Waals surface area contributed by atoms with Gasteiger partial charge in [0.1, 0.15) is 17.0 Å². The lowest BCUT2D eigenvalue weighted by Crippen LogP contribution is -2.00. The van der Waals surface area contributed by atoms with Gasteiger partial charge >= 0.3 is 0 Å². The number of ether oxygens (including phenoxy) is 2. The Morgan fingerprint density at radius 1 is 1.23 bits per heavy atom. The highest BCUT2D eigenvalue weighted by atomic mass is 35.5. The molecule has 26 heavy (non-hydrogen) atoms. The van der Waals surface area contributed by atoms with E-state index >= 15 is 0 Å². The highest BCUT2D eigenvalue weighted by Gasteiger charge is 2.23. The van der Waals surface area contributed by atoms with Crippen LogP contribution >= 0.6 is 11.6 Å². The van der Waals surface area contributed by atoms with E-state index < -0.39 is 6.10 Å². The van der Waals surface area contributed by atoms with E-state index in [9.17, 15) is 5.11 Å². The number of aryl methyl sites for hydroxylation is 1. The third kappa shape index (κ3) is 3.25. The van der Waals surface area contributed by atoms with Crippen molar-refractivity contribution in [2.45, 2.75) is 20.0 Å². The second-order valence-electron chi connectivity index (χ2n) is 5.79. The van der Waals surface area contributed by atoms with Crippen LogP contribution in [0.15, 0.2) is 28.7 Å². The van der Waals surface area contributed by atoms with Gasteiger partial charge in [-0.15, -0.1) is 10.2 Å². The molecule has 6 nitrogen and oxygen atoms in total. The monoisotopic (exact) mass is 374 g/mol. The van der Waals surface area contributed by atoms with E-state index in [1.54, 1.807) is 39.4 Å². The van der Waals surface area contributed by atoms with Gasteiger partial charge in [-0.1, -0.05) is 17.7 Å². The smallest absolute Gasteiger partial charge is 0.171 e. The number of benzene rings is 1. The normalized spacial score (nSPS) is 12.7. The molecule has 0 saturated carbocycles. The van der Waals surface area contributed by atoms with Crippen molar-refractivity contribution in [2.75, 3.05) is 14.2 Å². The number of aromatic nitrogens is 2. The van der Waals surface area contributed by atoms with Crippen molar-refractivity contribution in [1.29, 1.82) is 0 Å². The van der Waals surface area contributed by atoms with E-state index in [-0.39, 0.29) is 0 Å². The predicted octanol–water partition coefficient (Wildman–Crippen LogP) is 4.26. The minimum Gasteiger partial charge on any atom is -0.493 e. The average molecular weight is 375 g/mol. The van der Waals surface area contributed by atoms with Crippen molar-refractivity contribution in [2.24, 2.45) is 0 Å². The molecule has 1 N–H and O–H groups in total. The van der Waals surface area contributed by atoms with Gasteiger partial charge in [-0.05, 0) is 32.1 Å². The van der Waals surface area contributed by atoms with E-state index in [1.807, 2.05) is 19.1 Å². The first-order chi connectivity index (χ1) is 12.5. The van der Waals surface area contributed by atoms with Crippen molar-refractivity contribution in [3.05, 3.63) is 40.8 Å². The summed E-state index contributed by atoms with van der Waals surface area (Å²) < 4.78 is 16.8. The summed E-state index contributed by atoms with van der Waals surface area (Å²) in [4.78, 5) is 0. The average Bonchev–Trinajstić information content (AvgIpc) is 3.05. The molecule has 0 fully saturated rings. The van der Waals surface area contributed by atoms with Gasteiger partial charge in [-0.25, -0.2) is 0 Å². The number of aliphatic hydroxyl groups excluding tert-OH is 1. The van der Waals surface area contributed by atoms with E-state index in [4.69, 9.17) is 25.5 Å². The summed E-state index contributed by atoms with van der Waals surface area (Å²) in [7, 11) is 3.09. The lowest BCUT2D eigenvalue weighted by molar-refractivity contribution is 0.245. The van der Waals surface area contributed by atoms with E-state index in [0.29, 0.717) is 44.4 Å². The van der Waals surface area contributed by atoms with Crippen LogP contribution in [0.4, 0.5) is 0 Å². The number of nitrogens with zero attached hydrogens (tertiary/aromatic N) is 2. The zero-order valence-electron chi connectivity index (χ0n) is 14.9. The lowest BCUT2D eigenvalue weighted by Gasteiger charge is -2.15. The molecule has 0 bridgehead atoms. The largest absolute Gasteiger partial charge is 0.493 e. The van der Waals surface area contributed by atoms with Crippen LogP contribution in [-0.2, 0) is 0 Å².